The number of hydrogen-bond donors (Lipinski definition) is 1. The first-order valence-electron chi connectivity index (χ1n) is 13.6. The van der Waals surface area contributed by atoms with E-state index in [1.807, 2.05) is 0 Å². The predicted molar refractivity (Wildman–Crippen MR) is 133 cm³/mol. The van der Waals surface area contributed by atoms with Crippen LogP contribution in [0.1, 0.15) is 126 Å². The molecule has 0 radical (unpaired) electrons. The van der Waals surface area contributed by atoms with Crippen molar-refractivity contribution in [3.05, 3.63) is 11.6 Å². The van der Waals surface area contributed by atoms with Gasteiger partial charge in [0.1, 0.15) is 0 Å². The molecule has 0 aromatic carbocycles. The first-order valence-corrected chi connectivity index (χ1v) is 13.6. The second kappa shape index (κ2) is 7.61. The fourth-order valence-corrected chi connectivity index (χ4v) is 10.4. The summed E-state index contributed by atoms with van der Waals surface area (Å²) in [6.07, 6.45) is 16.7. The summed E-state index contributed by atoms with van der Waals surface area (Å²) in [5, 5.41) is 11.6. The van der Waals surface area contributed by atoms with Crippen LogP contribution >= 0.6 is 0 Å². The molecule has 1 N–H and O–H groups in total. The minimum absolute atomic E-state index is 0.399. The molecule has 0 amide bonds. The molecule has 1 nitrogen and oxygen atoms in total. The van der Waals surface area contributed by atoms with Crippen LogP contribution in [0.15, 0.2) is 11.6 Å². The molecule has 4 fully saturated rings. The van der Waals surface area contributed by atoms with E-state index in [1.165, 1.54) is 63.4 Å². The van der Waals surface area contributed by atoms with Crippen LogP contribution in [0.4, 0.5) is 0 Å². The molecule has 0 aromatic heterocycles. The Balaban J connectivity index is 1.61. The Bertz CT molecular complexity index is 712. The van der Waals surface area contributed by atoms with Crippen molar-refractivity contribution in [1.29, 1.82) is 0 Å². The molecule has 4 saturated carbocycles. The quantitative estimate of drug-likeness (QED) is 0.445. The molecule has 1 heteroatoms. The lowest BCUT2D eigenvalue weighted by Crippen LogP contribution is -2.62. The van der Waals surface area contributed by atoms with Crippen LogP contribution in [0.3, 0.4) is 0 Å². The van der Waals surface area contributed by atoms with Crippen molar-refractivity contribution in [3.63, 3.8) is 0 Å². The van der Waals surface area contributed by atoms with E-state index in [0.29, 0.717) is 33.5 Å². The van der Waals surface area contributed by atoms with Crippen molar-refractivity contribution >= 4 is 0 Å². The summed E-state index contributed by atoms with van der Waals surface area (Å²) in [4.78, 5) is 0. The first-order chi connectivity index (χ1) is 14.3. The van der Waals surface area contributed by atoms with Gasteiger partial charge in [-0.15, -0.1) is 0 Å². The highest BCUT2D eigenvalue weighted by molar-refractivity contribution is 5.17. The molecule has 0 aromatic rings. The van der Waals surface area contributed by atoms with Crippen molar-refractivity contribution in [3.8, 4) is 0 Å². The standard InChI is InChI=1S/C30H52O/c1-21(2)11-9-18-30(8,31)23-14-19-28(6)22(23)12-13-25-27(5)17-10-16-26(3,4)24(27)15-20-29(25,28)7/h11,22-25,31H,9-10,12-20H2,1-8H3/t22-,23+,24+,25-,27+,28-,29-,30+/m1/s1. The van der Waals surface area contributed by atoms with Crippen molar-refractivity contribution in [2.24, 2.45) is 45.3 Å². The maximum absolute atomic E-state index is 11.6. The maximum Gasteiger partial charge on any atom is 0.0653 e. The highest BCUT2D eigenvalue weighted by atomic mass is 16.3. The molecule has 0 heterocycles. The summed E-state index contributed by atoms with van der Waals surface area (Å²) in [5.74, 6) is 2.95. The van der Waals surface area contributed by atoms with Crippen LogP contribution in [0.2, 0.25) is 0 Å². The molecule has 0 aliphatic heterocycles. The van der Waals surface area contributed by atoms with Gasteiger partial charge < -0.3 is 5.11 Å². The summed E-state index contributed by atoms with van der Waals surface area (Å²) < 4.78 is 0. The number of fused-ring (bicyclic) bond motifs is 5. The molecule has 8 atom stereocenters. The lowest BCUT2D eigenvalue weighted by molar-refractivity contribution is -0.208. The minimum Gasteiger partial charge on any atom is -0.390 e. The summed E-state index contributed by atoms with van der Waals surface area (Å²) in [5.41, 5.74) is 2.73. The highest BCUT2D eigenvalue weighted by Crippen LogP contribution is 2.75. The zero-order valence-electron chi connectivity index (χ0n) is 22.1. The topological polar surface area (TPSA) is 20.2 Å². The van der Waals surface area contributed by atoms with Crippen LogP contribution in [0.5, 0.6) is 0 Å². The fraction of sp³-hybridized carbons (Fsp3) is 0.933. The average molecular weight is 429 g/mol. The maximum atomic E-state index is 11.6. The summed E-state index contributed by atoms with van der Waals surface area (Å²) in [6, 6.07) is 0. The summed E-state index contributed by atoms with van der Waals surface area (Å²) >= 11 is 0. The molecule has 178 valence electrons. The Morgan fingerprint density at radius 1 is 0.871 bits per heavy atom. The molecule has 4 aliphatic rings. The second-order valence-corrected chi connectivity index (χ2v) is 14.3. The van der Waals surface area contributed by atoms with Gasteiger partial charge in [0.25, 0.3) is 0 Å². The van der Waals surface area contributed by atoms with E-state index in [-0.39, 0.29) is 0 Å². The number of allylic oxidation sites excluding steroid dienone is 2. The number of rotatable bonds is 4. The molecular formula is C30H52O. The van der Waals surface area contributed by atoms with Crippen molar-refractivity contribution in [1.82, 2.24) is 0 Å². The third kappa shape index (κ3) is 3.50. The van der Waals surface area contributed by atoms with Gasteiger partial charge >= 0.3 is 0 Å². The van der Waals surface area contributed by atoms with Gasteiger partial charge in [-0.25, -0.2) is 0 Å². The Morgan fingerprint density at radius 2 is 1.55 bits per heavy atom. The molecule has 4 rings (SSSR count). The van der Waals surface area contributed by atoms with Crippen LogP contribution in [0, 0.1) is 45.3 Å². The Morgan fingerprint density at radius 3 is 2.23 bits per heavy atom. The Hall–Kier alpha value is -0.300. The molecule has 4 aliphatic carbocycles. The van der Waals surface area contributed by atoms with Gasteiger partial charge in [0.2, 0.25) is 0 Å². The lowest BCUT2D eigenvalue weighted by Gasteiger charge is -2.69. The lowest BCUT2D eigenvalue weighted by atomic mass is 9.35. The van der Waals surface area contributed by atoms with Gasteiger partial charge in [0.05, 0.1) is 5.60 Å². The van der Waals surface area contributed by atoms with Crippen molar-refractivity contribution < 1.29 is 5.11 Å². The molecular weight excluding hydrogens is 376 g/mol. The normalized spacial score (nSPS) is 48.2. The highest BCUT2D eigenvalue weighted by Gasteiger charge is 2.68. The molecule has 0 spiro atoms. The van der Waals surface area contributed by atoms with Crippen LogP contribution in [-0.2, 0) is 0 Å². The molecule has 0 bridgehead atoms. The van der Waals surface area contributed by atoms with Crippen LogP contribution < -0.4 is 0 Å². The molecule has 31 heavy (non-hydrogen) atoms. The summed E-state index contributed by atoms with van der Waals surface area (Å²) in [7, 11) is 0. The van der Waals surface area contributed by atoms with E-state index in [1.54, 1.807) is 0 Å². The fourth-order valence-electron chi connectivity index (χ4n) is 10.4. The van der Waals surface area contributed by atoms with E-state index >= 15 is 0 Å². The zero-order chi connectivity index (χ0) is 22.9. The van der Waals surface area contributed by atoms with E-state index in [2.05, 4.69) is 61.5 Å². The molecule has 0 saturated heterocycles. The predicted octanol–water partition coefficient (Wildman–Crippen LogP) is 8.56. The van der Waals surface area contributed by atoms with Crippen LogP contribution in [0.25, 0.3) is 0 Å². The number of aliphatic hydroxyl groups is 1. The van der Waals surface area contributed by atoms with Gasteiger partial charge in [-0.2, -0.15) is 0 Å². The van der Waals surface area contributed by atoms with E-state index in [0.717, 1.165) is 24.7 Å². The van der Waals surface area contributed by atoms with E-state index < -0.39 is 5.60 Å². The average Bonchev–Trinajstić information content (AvgIpc) is 3.00. The SMILES string of the molecule is CC(C)=CCC[C@](C)(O)[C@H]1CC[C@]2(C)[C@@H]1CC[C@@H]1[C@@]3(C)CCCC(C)(C)[C@@H]3CC[C@]12C. The van der Waals surface area contributed by atoms with Crippen LogP contribution in [-0.4, -0.2) is 10.7 Å². The van der Waals surface area contributed by atoms with Gasteiger partial charge in [-0.3, -0.25) is 0 Å². The van der Waals surface area contributed by atoms with Gasteiger partial charge in [0, 0.05) is 0 Å². The summed E-state index contributed by atoms with van der Waals surface area (Å²) in [6.45, 7) is 19.7. The Labute approximate surface area is 193 Å². The zero-order valence-corrected chi connectivity index (χ0v) is 22.1. The second-order valence-electron chi connectivity index (χ2n) is 14.3. The van der Waals surface area contributed by atoms with E-state index in [4.69, 9.17) is 0 Å². The monoisotopic (exact) mass is 428 g/mol. The van der Waals surface area contributed by atoms with Crippen molar-refractivity contribution in [2.45, 2.75) is 132 Å². The third-order valence-electron chi connectivity index (χ3n) is 12.1. The smallest absolute Gasteiger partial charge is 0.0653 e. The van der Waals surface area contributed by atoms with Crippen molar-refractivity contribution in [2.75, 3.05) is 0 Å². The first kappa shape index (κ1) is 23.8. The molecule has 0 unspecified atom stereocenters. The minimum atomic E-state index is -0.522. The Kier molecular flexibility index (Phi) is 5.85. The number of hydrogen-bond acceptors (Lipinski definition) is 1. The third-order valence-corrected chi connectivity index (χ3v) is 12.1. The van der Waals surface area contributed by atoms with Gasteiger partial charge in [-0.05, 0) is 130 Å². The van der Waals surface area contributed by atoms with Gasteiger partial charge in [0.15, 0.2) is 0 Å². The largest absolute Gasteiger partial charge is 0.390 e. The van der Waals surface area contributed by atoms with Gasteiger partial charge in [-0.1, -0.05) is 52.7 Å². The van der Waals surface area contributed by atoms with E-state index in [9.17, 15) is 5.11 Å².